The summed E-state index contributed by atoms with van der Waals surface area (Å²) in [4.78, 5) is 23.3. The molecule has 0 radical (unpaired) electrons. The monoisotopic (exact) mass is 479 g/mol. The molecule has 0 N–H and O–H groups in total. The van der Waals surface area contributed by atoms with Gasteiger partial charge >= 0.3 is 12.8 Å². The van der Waals surface area contributed by atoms with Gasteiger partial charge in [-0.2, -0.15) is 22.0 Å². The van der Waals surface area contributed by atoms with E-state index < -0.39 is 24.4 Å². The predicted molar refractivity (Wildman–Crippen MR) is 115 cm³/mol. The number of aromatic nitrogens is 2. The summed E-state index contributed by atoms with van der Waals surface area (Å²) in [5.41, 5.74) is 0.716. The Hall–Kier alpha value is -3.30. The zero-order chi connectivity index (χ0) is 24.6. The number of benzene rings is 1. The number of carbonyl (C=O) groups is 1. The van der Waals surface area contributed by atoms with Crippen molar-refractivity contribution in [3.05, 3.63) is 65.0 Å². The molecule has 1 aliphatic rings. The number of fused-ring (bicyclic) bond motifs is 1. The van der Waals surface area contributed by atoms with Crippen LogP contribution in [0.25, 0.3) is 10.9 Å². The number of pyridine rings is 2. The van der Waals surface area contributed by atoms with Crippen molar-refractivity contribution in [3.63, 3.8) is 0 Å². The van der Waals surface area contributed by atoms with Gasteiger partial charge in [0.05, 0.1) is 22.8 Å². The molecule has 180 valence electrons. The summed E-state index contributed by atoms with van der Waals surface area (Å²) in [5.74, 6) is -0.467. The van der Waals surface area contributed by atoms with E-state index in [1.807, 2.05) is 6.92 Å². The zero-order valence-corrected chi connectivity index (χ0v) is 18.4. The number of halogens is 5. The van der Waals surface area contributed by atoms with E-state index in [4.69, 9.17) is 0 Å². The van der Waals surface area contributed by atoms with Gasteiger partial charge in [-0.15, -0.1) is 0 Å². The van der Waals surface area contributed by atoms with E-state index in [1.165, 1.54) is 6.07 Å². The van der Waals surface area contributed by atoms with Crippen molar-refractivity contribution in [1.29, 1.82) is 0 Å². The molecule has 3 aromatic rings. The molecule has 1 saturated heterocycles. The predicted octanol–water partition coefficient (Wildman–Crippen LogP) is 6.31. The van der Waals surface area contributed by atoms with Gasteiger partial charge in [0.25, 0.3) is 5.91 Å². The molecule has 10 heteroatoms. The smallest absolute Gasteiger partial charge is 0.417 e. The number of carbonyl (C=O) groups excluding carboxylic acids is 1. The molecule has 0 aliphatic carbocycles. The second kappa shape index (κ2) is 9.15. The maximum Gasteiger partial charge on any atom is 0.417 e. The van der Waals surface area contributed by atoms with Crippen LogP contribution in [0, 0.1) is 6.92 Å². The first-order chi connectivity index (χ1) is 16.0. The zero-order valence-electron chi connectivity index (χ0n) is 18.4. The summed E-state index contributed by atoms with van der Waals surface area (Å²) in [6.45, 7) is 0.479. The van der Waals surface area contributed by atoms with Gasteiger partial charge in [-0.3, -0.25) is 9.78 Å². The summed E-state index contributed by atoms with van der Waals surface area (Å²) >= 11 is 0. The van der Waals surface area contributed by atoms with Crippen LogP contribution < -0.4 is 4.74 Å². The van der Waals surface area contributed by atoms with Crippen LogP contribution in [0.2, 0.25) is 0 Å². The normalized spacial score (nSPS) is 19.0. The average Bonchev–Trinajstić information content (AvgIpc) is 2.78. The number of nitrogens with zero attached hydrogens (tertiary/aromatic N) is 3. The summed E-state index contributed by atoms with van der Waals surface area (Å²) in [5, 5.41) is 0.582. The van der Waals surface area contributed by atoms with Crippen LogP contribution in [0.5, 0.6) is 5.88 Å². The molecule has 1 fully saturated rings. The quantitative estimate of drug-likeness (QED) is 0.412. The van der Waals surface area contributed by atoms with E-state index in [9.17, 15) is 26.7 Å². The third kappa shape index (κ3) is 4.80. The van der Waals surface area contributed by atoms with Crippen LogP contribution in [0.1, 0.15) is 59.4 Å². The van der Waals surface area contributed by atoms with E-state index >= 15 is 0 Å². The van der Waals surface area contributed by atoms with Crippen LogP contribution in [-0.2, 0) is 6.18 Å². The number of ether oxygens (including phenoxy) is 1. The minimum absolute atomic E-state index is 0.146. The van der Waals surface area contributed by atoms with Crippen molar-refractivity contribution in [2.45, 2.75) is 58.0 Å². The molecule has 2 atom stereocenters. The lowest BCUT2D eigenvalue weighted by atomic mass is 9.92. The highest BCUT2D eigenvalue weighted by Crippen LogP contribution is 2.36. The van der Waals surface area contributed by atoms with Gasteiger partial charge in [0, 0.05) is 28.8 Å². The van der Waals surface area contributed by atoms with Crippen molar-refractivity contribution in [2.24, 2.45) is 0 Å². The maximum absolute atomic E-state index is 13.5. The molecular formula is C24H22F5N3O2. The van der Waals surface area contributed by atoms with Crippen LogP contribution in [0.4, 0.5) is 22.0 Å². The van der Waals surface area contributed by atoms with Gasteiger partial charge in [0.2, 0.25) is 5.88 Å². The first kappa shape index (κ1) is 23.8. The number of amides is 1. The molecule has 1 aliphatic heterocycles. The highest BCUT2D eigenvalue weighted by molar-refractivity contribution is 5.98. The Morgan fingerprint density at radius 3 is 2.56 bits per heavy atom. The Labute approximate surface area is 192 Å². The van der Waals surface area contributed by atoms with Gasteiger partial charge in [-0.25, -0.2) is 4.98 Å². The molecule has 2 aromatic heterocycles. The summed E-state index contributed by atoms with van der Waals surface area (Å²) < 4.78 is 68.4. The minimum atomic E-state index is -4.49. The van der Waals surface area contributed by atoms with Crippen molar-refractivity contribution < 1.29 is 31.5 Å². The molecule has 2 unspecified atom stereocenters. The Kier molecular flexibility index (Phi) is 6.42. The van der Waals surface area contributed by atoms with Crippen LogP contribution in [-0.4, -0.2) is 33.4 Å². The third-order valence-electron chi connectivity index (χ3n) is 6.01. The molecule has 5 nitrogen and oxygen atoms in total. The van der Waals surface area contributed by atoms with Gasteiger partial charge in [-0.05, 0) is 69.5 Å². The van der Waals surface area contributed by atoms with Crippen LogP contribution >= 0.6 is 0 Å². The second-order valence-electron chi connectivity index (χ2n) is 8.37. The molecule has 4 rings (SSSR count). The number of hydrogen-bond donors (Lipinski definition) is 0. The van der Waals surface area contributed by atoms with Crippen molar-refractivity contribution in [1.82, 2.24) is 14.9 Å². The number of likely N-dealkylation sites (tertiary alicyclic amines) is 1. The number of rotatable bonds is 4. The summed E-state index contributed by atoms with van der Waals surface area (Å²) in [6, 6.07) is 8.05. The van der Waals surface area contributed by atoms with E-state index in [0.717, 1.165) is 25.1 Å². The molecule has 0 saturated carbocycles. The van der Waals surface area contributed by atoms with Crippen LogP contribution in [0.3, 0.4) is 0 Å². The van der Waals surface area contributed by atoms with Crippen molar-refractivity contribution in [3.8, 4) is 5.88 Å². The maximum atomic E-state index is 13.5. The molecule has 0 bridgehead atoms. The molecule has 0 spiro atoms. The molecular weight excluding hydrogens is 457 g/mol. The fourth-order valence-corrected chi connectivity index (χ4v) is 4.34. The first-order valence-corrected chi connectivity index (χ1v) is 10.8. The van der Waals surface area contributed by atoms with Crippen molar-refractivity contribution >= 4 is 16.8 Å². The fourth-order valence-electron chi connectivity index (χ4n) is 4.34. The van der Waals surface area contributed by atoms with Gasteiger partial charge < -0.3 is 9.64 Å². The third-order valence-corrected chi connectivity index (χ3v) is 6.01. The van der Waals surface area contributed by atoms with E-state index in [1.54, 1.807) is 36.1 Å². The number of alkyl halides is 5. The summed E-state index contributed by atoms with van der Waals surface area (Å²) in [7, 11) is 0. The number of piperidine rings is 1. The van der Waals surface area contributed by atoms with Gasteiger partial charge in [0.15, 0.2) is 0 Å². The Morgan fingerprint density at radius 1 is 1.15 bits per heavy atom. The highest BCUT2D eigenvalue weighted by Gasteiger charge is 2.35. The Morgan fingerprint density at radius 2 is 1.91 bits per heavy atom. The molecule has 1 amide bonds. The van der Waals surface area contributed by atoms with Crippen molar-refractivity contribution in [2.75, 3.05) is 0 Å². The van der Waals surface area contributed by atoms with E-state index in [2.05, 4.69) is 14.7 Å². The summed E-state index contributed by atoms with van der Waals surface area (Å²) in [6.07, 6.45) is -1.55. The second-order valence-corrected chi connectivity index (χ2v) is 8.37. The fraction of sp³-hybridized carbons (Fsp3) is 0.375. The standard InChI is InChI=1S/C24H22F5N3O2/c1-13-10-16-11-15(6-8-18(16)31-21(13)34-23(25)26)22(33)32-14(2)4-3-5-20(32)19-9-7-17(12-30-19)24(27,28)29/h6-12,14,20,23H,3-5H2,1-2H3. The minimum Gasteiger partial charge on any atom is -0.417 e. The van der Waals surface area contributed by atoms with Crippen LogP contribution in [0.15, 0.2) is 42.6 Å². The molecule has 34 heavy (non-hydrogen) atoms. The van der Waals surface area contributed by atoms with E-state index in [-0.39, 0.29) is 17.8 Å². The van der Waals surface area contributed by atoms with E-state index in [0.29, 0.717) is 34.1 Å². The van der Waals surface area contributed by atoms with Gasteiger partial charge in [-0.1, -0.05) is 0 Å². The average molecular weight is 479 g/mol. The Balaban J connectivity index is 1.66. The first-order valence-electron chi connectivity index (χ1n) is 10.8. The van der Waals surface area contributed by atoms with Gasteiger partial charge in [0.1, 0.15) is 0 Å². The SMILES string of the molecule is Cc1cc2cc(C(=O)N3C(C)CCCC3c3ccc(C(F)(F)F)cn3)ccc2nc1OC(F)F. The molecule has 1 aromatic carbocycles. The molecule has 3 heterocycles. The highest BCUT2D eigenvalue weighted by atomic mass is 19.4. The lowest BCUT2D eigenvalue weighted by Crippen LogP contribution is -2.44. The lowest BCUT2D eigenvalue weighted by Gasteiger charge is -2.40. The number of hydrogen-bond acceptors (Lipinski definition) is 4. The lowest BCUT2D eigenvalue weighted by molar-refractivity contribution is -0.137. The number of aryl methyl sites for hydroxylation is 1. The largest absolute Gasteiger partial charge is 0.417 e. The topological polar surface area (TPSA) is 55.3 Å². The Bertz CT molecular complexity index is 1200.